The third-order valence-corrected chi connectivity index (χ3v) is 4.96. The van der Waals surface area contributed by atoms with Crippen LogP contribution >= 0.6 is 0 Å². The normalized spacial score (nSPS) is 15.9. The van der Waals surface area contributed by atoms with E-state index in [2.05, 4.69) is 59.2 Å². The van der Waals surface area contributed by atoms with Crippen molar-refractivity contribution < 1.29 is 34.7 Å². The number of aliphatic hydroxyl groups is 1. The molecule has 1 unspecified atom stereocenters. The summed E-state index contributed by atoms with van der Waals surface area (Å²) in [4.78, 5) is 4.81. The highest BCUT2D eigenvalue weighted by atomic mass is 35.5. The predicted octanol–water partition coefficient (Wildman–Crippen LogP) is -3.19. The minimum atomic E-state index is -0.457. The van der Waals surface area contributed by atoms with Gasteiger partial charge in [0.15, 0.2) is 0 Å². The highest BCUT2D eigenvalue weighted by Crippen LogP contribution is 2.13. The SMILES string of the molecule is CCc1ccc(OCC(O)CN2CCN(Cc3ccccc3)CC2)cc1.[Cl-].[Cl-]. The van der Waals surface area contributed by atoms with Gasteiger partial charge in [0.1, 0.15) is 18.5 Å². The van der Waals surface area contributed by atoms with E-state index >= 15 is 0 Å². The van der Waals surface area contributed by atoms with Gasteiger partial charge in [0.05, 0.1) is 0 Å². The van der Waals surface area contributed by atoms with Crippen molar-refractivity contribution in [2.75, 3.05) is 39.3 Å². The Morgan fingerprint density at radius 1 is 0.857 bits per heavy atom. The minimum absolute atomic E-state index is 0. The number of benzene rings is 2. The third-order valence-electron chi connectivity index (χ3n) is 4.96. The number of nitrogens with zero attached hydrogens (tertiary/aromatic N) is 2. The fourth-order valence-corrected chi connectivity index (χ4v) is 3.34. The number of hydrogen-bond acceptors (Lipinski definition) is 4. The Balaban J connectivity index is 0.00000196. The number of ether oxygens (including phenoxy) is 1. The number of rotatable bonds is 8. The average molecular weight is 425 g/mol. The van der Waals surface area contributed by atoms with Crippen molar-refractivity contribution in [2.45, 2.75) is 26.0 Å². The number of hydrogen-bond donors (Lipinski definition) is 1. The van der Waals surface area contributed by atoms with Crippen LogP contribution in [0.2, 0.25) is 0 Å². The van der Waals surface area contributed by atoms with Gasteiger partial charge in [0.2, 0.25) is 0 Å². The number of β-amino-alcohol motifs (C(OH)–C–C–N with tert-alkyl or cyclic N) is 1. The molecule has 1 atom stereocenters. The molecule has 0 saturated carbocycles. The number of aliphatic hydroxyl groups excluding tert-OH is 1. The maximum Gasteiger partial charge on any atom is 0.119 e. The van der Waals surface area contributed by atoms with Gasteiger partial charge in [-0.25, -0.2) is 0 Å². The summed E-state index contributed by atoms with van der Waals surface area (Å²) in [7, 11) is 0. The molecular formula is C22H30Cl2N2O2-2. The van der Waals surface area contributed by atoms with Crippen molar-refractivity contribution in [3.05, 3.63) is 65.7 Å². The fourth-order valence-electron chi connectivity index (χ4n) is 3.34. The average Bonchev–Trinajstić information content (AvgIpc) is 2.69. The molecule has 6 heteroatoms. The zero-order chi connectivity index (χ0) is 18.2. The lowest BCUT2D eigenvalue weighted by molar-refractivity contribution is -0.00100. The first kappa shape index (κ1) is 24.7. The number of aryl methyl sites for hydroxylation is 1. The summed E-state index contributed by atoms with van der Waals surface area (Å²) in [5.74, 6) is 0.828. The van der Waals surface area contributed by atoms with Gasteiger partial charge < -0.3 is 34.7 Å². The van der Waals surface area contributed by atoms with Crippen molar-refractivity contribution in [1.82, 2.24) is 9.80 Å². The molecule has 1 aliphatic rings. The lowest BCUT2D eigenvalue weighted by Gasteiger charge is -2.35. The minimum Gasteiger partial charge on any atom is -1.00 e. The largest absolute Gasteiger partial charge is 1.00 e. The molecule has 3 rings (SSSR count). The van der Waals surface area contributed by atoms with E-state index in [0.29, 0.717) is 13.2 Å². The fraction of sp³-hybridized carbons (Fsp3) is 0.455. The molecule has 0 amide bonds. The van der Waals surface area contributed by atoms with Gasteiger partial charge >= 0.3 is 0 Å². The second-order valence-electron chi connectivity index (χ2n) is 7.02. The maximum absolute atomic E-state index is 10.3. The molecule has 0 aromatic heterocycles. The number of halogens is 2. The molecule has 1 heterocycles. The summed E-state index contributed by atoms with van der Waals surface area (Å²) < 4.78 is 5.72. The monoisotopic (exact) mass is 424 g/mol. The van der Waals surface area contributed by atoms with Crippen molar-refractivity contribution in [3.63, 3.8) is 0 Å². The van der Waals surface area contributed by atoms with Gasteiger partial charge in [0.25, 0.3) is 0 Å². The zero-order valence-electron chi connectivity index (χ0n) is 16.4. The lowest BCUT2D eigenvalue weighted by atomic mass is 10.2. The second-order valence-corrected chi connectivity index (χ2v) is 7.02. The summed E-state index contributed by atoms with van der Waals surface area (Å²) >= 11 is 0. The Bertz CT molecular complexity index is 647. The van der Waals surface area contributed by atoms with Crippen LogP contribution in [0.15, 0.2) is 54.6 Å². The van der Waals surface area contributed by atoms with E-state index in [-0.39, 0.29) is 24.8 Å². The van der Waals surface area contributed by atoms with Crippen LogP contribution in [-0.2, 0) is 13.0 Å². The van der Waals surface area contributed by atoms with Gasteiger partial charge in [-0.05, 0) is 29.7 Å². The molecule has 0 radical (unpaired) electrons. The first-order valence-corrected chi connectivity index (χ1v) is 9.61. The van der Waals surface area contributed by atoms with Gasteiger partial charge in [0, 0.05) is 39.3 Å². The van der Waals surface area contributed by atoms with E-state index in [0.717, 1.165) is 44.9 Å². The molecule has 1 N–H and O–H groups in total. The molecule has 1 aliphatic heterocycles. The predicted molar refractivity (Wildman–Crippen MR) is 105 cm³/mol. The van der Waals surface area contributed by atoms with Crippen molar-refractivity contribution >= 4 is 0 Å². The van der Waals surface area contributed by atoms with Crippen LogP contribution in [-0.4, -0.2) is 60.3 Å². The first-order chi connectivity index (χ1) is 12.7. The van der Waals surface area contributed by atoms with E-state index in [9.17, 15) is 5.11 Å². The Hall–Kier alpha value is -1.30. The van der Waals surface area contributed by atoms with Crippen molar-refractivity contribution in [1.29, 1.82) is 0 Å². The van der Waals surface area contributed by atoms with Crippen LogP contribution in [0.25, 0.3) is 0 Å². The molecule has 2 aromatic rings. The first-order valence-electron chi connectivity index (χ1n) is 9.61. The Morgan fingerprint density at radius 3 is 2.07 bits per heavy atom. The van der Waals surface area contributed by atoms with Crippen LogP contribution in [0.5, 0.6) is 5.75 Å². The summed E-state index contributed by atoms with van der Waals surface area (Å²) in [6.45, 7) is 8.24. The molecule has 156 valence electrons. The molecule has 2 aromatic carbocycles. The van der Waals surface area contributed by atoms with E-state index in [4.69, 9.17) is 4.74 Å². The molecule has 1 fully saturated rings. The van der Waals surface area contributed by atoms with Gasteiger partial charge in [-0.2, -0.15) is 0 Å². The Labute approximate surface area is 181 Å². The van der Waals surface area contributed by atoms with Crippen molar-refractivity contribution in [2.24, 2.45) is 0 Å². The zero-order valence-corrected chi connectivity index (χ0v) is 17.9. The lowest BCUT2D eigenvalue weighted by Crippen LogP contribution is -3.00. The Kier molecular flexibility index (Phi) is 11.5. The molecule has 0 spiro atoms. The maximum atomic E-state index is 10.3. The summed E-state index contributed by atoms with van der Waals surface area (Å²) in [5, 5.41) is 10.3. The smallest absolute Gasteiger partial charge is 0.119 e. The van der Waals surface area contributed by atoms with Crippen LogP contribution in [0.1, 0.15) is 18.1 Å². The Morgan fingerprint density at radius 2 is 1.46 bits per heavy atom. The van der Waals surface area contributed by atoms with E-state index in [1.54, 1.807) is 0 Å². The van der Waals surface area contributed by atoms with E-state index in [1.165, 1.54) is 11.1 Å². The molecule has 28 heavy (non-hydrogen) atoms. The molecule has 1 saturated heterocycles. The van der Waals surface area contributed by atoms with Gasteiger partial charge in [-0.1, -0.05) is 49.4 Å². The third kappa shape index (κ3) is 7.98. The standard InChI is InChI=1S/C22H30N2O2.2ClH/c1-2-19-8-10-22(11-9-19)26-18-21(25)17-24-14-12-23(13-15-24)16-20-6-4-3-5-7-20;;/h3-11,21,25H,2,12-18H2,1H3;2*1H/p-2. The van der Waals surface area contributed by atoms with E-state index < -0.39 is 6.10 Å². The molecule has 0 bridgehead atoms. The van der Waals surface area contributed by atoms with Crippen LogP contribution in [0.3, 0.4) is 0 Å². The van der Waals surface area contributed by atoms with E-state index in [1.807, 2.05) is 12.1 Å². The molecular weight excluding hydrogens is 395 g/mol. The van der Waals surface area contributed by atoms with Gasteiger partial charge in [-0.3, -0.25) is 9.80 Å². The molecule has 0 aliphatic carbocycles. The highest BCUT2D eigenvalue weighted by molar-refractivity contribution is 5.27. The quantitative estimate of drug-likeness (QED) is 0.484. The van der Waals surface area contributed by atoms with Crippen LogP contribution in [0.4, 0.5) is 0 Å². The van der Waals surface area contributed by atoms with Crippen LogP contribution < -0.4 is 29.6 Å². The van der Waals surface area contributed by atoms with Crippen LogP contribution in [0, 0.1) is 0 Å². The number of piperazine rings is 1. The summed E-state index contributed by atoms with van der Waals surface area (Å²) in [6, 6.07) is 18.7. The highest BCUT2D eigenvalue weighted by Gasteiger charge is 2.19. The molecule has 4 nitrogen and oxygen atoms in total. The second kappa shape index (κ2) is 13.0. The topological polar surface area (TPSA) is 35.9 Å². The summed E-state index contributed by atoms with van der Waals surface area (Å²) in [6.07, 6.45) is 0.570. The van der Waals surface area contributed by atoms with Crippen molar-refractivity contribution in [3.8, 4) is 5.75 Å². The summed E-state index contributed by atoms with van der Waals surface area (Å²) in [5.41, 5.74) is 2.66. The van der Waals surface area contributed by atoms with Gasteiger partial charge in [-0.15, -0.1) is 0 Å².